The van der Waals surface area contributed by atoms with Gasteiger partial charge in [0.1, 0.15) is 36.5 Å². The normalized spacial score (nSPS) is 21.5. The van der Waals surface area contributed by atoms with Crippen molar-refractivity contribution < 1.29 is 52.7 Å². The Balaban J connectivity index is 1.24. The van der Waals surface area contributed by atoms with Crippen LogP contribution in [-0.2, 0) is 53.5 Å². The van der Waals surface area contributed by atoms with Gasteiger partial charge in [-0.3, -0.25) is 24.2 Å². The first-order valence-corrected chi connectivity index (χ1v) is 25.4. The summed E-state index contributed by atoms with van der Waals surface area (Å²) in [7, 11) is 6.57. The van der Waals surface area contributed by atoms with E-state index in [1.54, 1.807) is 49.5 Å². The Morgan fingerprint density at radius 3 is 2.13 bits per heavy atom. The molecule has 390 valence electrons. The van der Waals surface area contributed by atoms with Gasteiger partial charge in [-0.25, -0.2) is 9.69 Å². The van der Waals surface area contributed by atoms with Gasteiger partial charge < -0.3 is 38.4 Å². The van der Waals surface area contributed by atoms with Crippen LogP contribution in [0.2, 0.25) is 0 Å². The molecule has 6 aromatic rings. The van der Waals surface area contributed by atoms with Gasteiger partial charge in [0.15, 0.2) is 11.5 Å². The van der Waals surface area contributed by atoms with Gasteiger partial charge in [0.05, 0.1) is 57.7 Å². The van der Waals surface area contributed by atoms with Gasteiger partial charge in [-0.1, -0.05) is 121 Å². The van der Waals surface area contributed by atoms with E-state index in [0.717, 1.165) is 27.2 Å². The Kier molecular flexibility index (Phi) is 15.2. The van der Waals surface area contributed by atoms with Gasteiger partial charge in [0.2, 0.25) is 11.8 Å². The molecule has 0 bridgehead atoms. The molecule has 4 heterocycles. The number of methoxy groups -OCH3 is 3. The summed E-state index contributed by atoms with van der Waals surface area (Å²) in [6.07, 6.45) is -1.52. The van der Waals surface area contributed by atoms with Gasteiger partial charge in [-0.15, -0.1) is 0 Å². The Hall–Kier alpha value is -8.00. The second-order valence-electron chi connectivity index (χ2n) is 19.3. The average molecular weight is 1030 g/mol. The van der Waals surface area contributed by atoms with Gasteiger partial charge in [-0.2, -0.15) is 0 Å². The third-order valence-electron chi connectivity index (χ3n) is 14.9. The third-order valence-corrected chi connectivity index (χ3v) is 14.9. The molecule has 10 rings (SSSR count). The first kappa shape index (κ1) is 51.5. The monoisotopic (exact) mass is 1020 g/mol. The van der Waals surface area contributed by atoms with E-state index in [2.05, 4.69) is 28.9 Å². The van der Waals surface area contributed by atoms with Crippen molar-refractivity contribution >= 4 is 29.6 Å². The van der Waals surface area contributed by atoms with Crippen molar-refractivity contribution in [3.05, 3.63) is 190 Å². The van der Waals surface area contributed by atoms with Crippen LogP contribution in [0, 0.1) is 17.8 Å². The highest BCUT2D eigenvalue weighted by Gasteiger charge is 2.76. The Morgan fingerprint density at radius 2 is 1.43 bits per heavy atom. The van der Waals surface area contributed by atoms with Gasteiger partial charge in [-0.05, 0) is 83.2 Å². The van der Waals surface area contributed by atoms with Gasteiger partial charge >= 0.3 is 12.1 Å². The number of carbonyl (C=O) groups excluding carboxylic acids is 4. The zero-order valence-electron chi connectivity index (χ0n) is 42.9. The second-order valence-corrected chi connectivity index (χ2v) is 19.3. The predicted octanol–water partition coefficient (Wildman–Crippen LogP) is 7.59. The number of aliphatic hydroxyl groups excluding tert-OH is 1. The number of cyclic esters (lactones) is 1. The number of para-hydroxylation sites is 1. The number of amides is 3. The summed E-state index contributed by atoms with van der Waals surface area (Å²) in [5, 5.41) is 10.2. The van der Waals surface area contributed by atoms with E-state index >= 15 is 14.4 Å². The average Bonchev–Trinajstić information content (AvgIpc) is 3.94. The quantitative estimate of drug-likeness (QED) is 0.0611. The number of aliphatic hydroxyl groups is 1. The van der Waals surface area contributed by atoms with Crippen molar-refractivity contribution in [1.29, 1.82) is 0 Å². The molecular formula is C61H60N4O11. The van der Waals surface area contributed by atoms with E-state index in [4.69, 9.17) is 28.4 Å². The smallest absolute Gasteiger partial charge is 0.421 e. The molecule has 15 nitrogen and oxygen atoms in total. The molecule has 4 aliphatic heterocycles. The Labute approximate surface area is 442 Å². The number of hydrogen-bond donors (Lipinski definition) is 1. The number of morpholine rings is 1. The van der Waals surface area contributed by atoms with Crippen LogP contribution < -0.4 is 19.1 Å². The Morgan fingerprint density at radius 1 is 0.763 bits per heavy atom. The van der Waals surface area contributed by atoms with E-state index in [0.29, 0.717) is 59.0 Å². The van der Waals surface area contributed by atoms with Crippen molar-refractivity contribution in [1.82, 2.24) is 14.7 Å². The van der Waals surface area contributed by atoms with Crippen LogP contribution >= 0.6 is 0 Å². The first-order chi connectivity index (χ1) is 37.1. The van der Waals surface area contributed by atoms with E-state index in [9.17, 15) is 9.90 Å². The number of anilines is 1. The molecule has 6 atom stereocenters. The Bertz CT molecular complexity index is 3160. The maximum absolute atomic E-state index is 16.8. The fraction of sp³-hybridized carbons (Fsp3) is 0.311. The molecule has 0 unspecified atom stereocenters. The SMILES string of the molecule is COCCOC(=O)N1C(=O)[C@@]2(c3cc(C#CCN(C)Cc4ccccc4)ccc31)[C@H](C(=O)N1CCc3cc(OC)c(OC)cc3C1)[C@H]1C(=O)O[C@H](c3ccccc3)[C@H](c3ccccc3)N1[C@@H]2c1ccccc1OCCO. The maximum Gasteiger partial charge on any atom is 0.421 e. The van der Waals surface area contributed by atoms with E-state index in [1.165, 1.54) is 7.11 Å². The summed E-state index contributed by atoms with van der Waals surface area (Å²) in [6.45, 7) is 0.799. The fourth-order valence-electron chi connectivity index (χ4n) is 11.7. The molecule has 76 heavy (non-hydrogen) atoms. The maximum atomic E-state index is 16.8. The molecule has 2 saturated heterocycles. The number of imide groups is 1. The molecular weight excluding hydrogens is 965 g/mol. The third kappa shape index (κ3) is 9.43. The number of esters is 1. The number of benzene rings is 6. The molecule has 2 fully saturated rings. The summed E-state index contributed by atoms with van der Waals surface area (Å²) >= 11 is 0. The van der Waals surface area contributed by atoms with E-state index in [-0.39, 0.29) is 45.2 Å². The van der Waals surface area contributed by atoms with Crippen LogP contribution in [0.3, 0.4) is 0 Å². The zero-order chi connectivity index (χ0) is 52.9. The van der Waals surface area contributed by atoms with Crippen molar-refractivity contribution in [2.45, 2.75) is 49.2 Å². The number of hydrogen-bond acceptors (Lipinski definition) is 13. The van der Waals surface area contributed by atoms with Crippen LogP contribution in [0.1, 0.15) is 62.7 Å². The lowest BCUT2D eigenvalue weighted by Gasteiger charge is -2.46. The first-order valence-electron chi connectivity index (χ1n) is 25.4. The minimum Gasteiger partial charge on any atom is -0.493 e. The van der Waals surface area contributed by atoms with E-state index < -0.39 is 59.4 Å². The lowest BCUT2D eigenvalue weighted by atomic mass is 9.64. The summed E-state index contributed by atoms with van der Waals surface area (Å²) in [5.41, 5.74) is 3.60. The largest absolute Gasteiger partial charge is 0.493 e. The molecule has 1 spiro atoms. The van der Waals surface area contributed by atoms with Crippen molar-refractivity contribution in [2.75, 3.05) is 72.8 Å². The van der Waals surface area contributed by atoms with Crippen molar-refractivity contribution in [3.8, 4) is 29.1 Å². The van der Waals surface area contributed by atoms with E-state index in [1.807, 2.05) is 115 Å². The molecule has 0 radical (unpaired) electrons. The molecule has 15 heteroatoms. The zero-order valence-corrected chi connectivity index (χ0v) is 42.9. The highest BCUT2D eigenvalue weighted by molar-refractivity contribution is 6.23. The number of nitrogens with zero attached hydrogens (tertiary/aromatic N) is 4. The summed E-state index contributed by atoms with van der Waals surface area (Å²) in [6, 6.07) is 41.6. The standard InChI is InChI=1S/C61H60N4O11/c1-62(38-41-17-8-5-9-18-41)29-16-19-40-26-27-48-47(35-40)61(59(69)64(48)60(70)75-34-33-71-2)52(57(67)63-30-28-44-36-50(72-3)51(73-4)37-45(44)39-63)54-58(68)76-55(43-22-12-7-13-23-43)53(42-20-10-6-11-21-42)65(54)56(61)46-24-14-15-25-49(46)74-32-31-66/h5-15,17-18,20-27,35-37,52-56,66H,28-34,38-39H2,1-4H3/t52-,53-,54-,55+,56+,61-/m0/s1. The van der Waals surface area contributed by atoms with Crippen LogP contribution in [0.15, 0.2) is 146 Å². The number of carbonyl (C=O) groups is 4. The number of fused-ring (bicyclic) bond motifs is 4. The minimum atomic E-state index is -2.10. The minimum absolute atomic E-state index is 0.0484. The molecule has 4 aliphatic rings. The summed E-state index contributed by atoms with van der Waals surface area (Å²) < 4.78 is 35.6. The number of rotatable bonds is 15. The van der Waals surface area contributed by atoms with Gasteiger partial charge in [0.25, 0.3) is 0 Å². The second kappa shape index (κ2) is 22.5. The number of ether oxygens (including phenoxy) is 6. The van der Waals surface area contributed by atoms with Crippen LogP contribution in [0.5, 0.6) is 17.2 Å². The highest BCUT2D eigenvalue weighted by atomic mass is 16.6. The van der Waals surface area contributed by atoms with Crippen LogP contribution in [0.25, 0.3) is 0 Å². The molecule has 0 aliphatic carbocycles. The summed E-state index contributed by atoms with van der Waals surface area (Å²) in [5.74, 6) is 4.41. The van der Waals surface area contributed by atoms with Crippen LogP contribution in [0.4, 0.5) is 10.5 Å². The molecule has 3 amide bonds. The fourth-order valence-corrected chi connectivity index (χ4v) is 11.7. The highest BCUT2D eigenvalue weighted by Crippen LogP contribution is 2.67. The predicted molar refractivity (Wildman–Crippen MR) is 282 cm³/mol. The molecule has 6 aromatic carbocycles. The molecule has 0 saturated carbocycles. The van der Waals surface area contributed by atoms with Crippen molar-refractivity contribution in [3.63, 3.8) is 0 Å². The summed E-state index contributed by atoms with van der Waals surface area (Å²) in [4.78, 5) is 70.8. The van der Waals surface area contributed by atoms with Gasteiger partial charge in [0, 0.05) is 37.9 Å². The molecule has 1 N–H and O–H groups in total. The molecule has 0 aromatic heterocycles. The van der Waals surface area contributed by atoms with Crippen LogP contribution in [-0.4, -0.2) is 118 Å². The van der Waals surface area contributed by atoms with Crippen molar-refractivity contribution in [2.24, 2.45) is 5.92 Å². The lowest BCUT2D eigenvalue weighted by molar-refractivity contribution is -0.179. The lowest BCUT2D eigenvalue weighted by Crippen LogP contribution is -2.57. The topological polar surface area (TPSA) is 157 Å².